The molecule has 1 aliphatic rings. The lowest BCUT2D eigenvalue weighted by molar-refractivity contribution is -0.134. The van der Waals surface area contributed by atoms with Crippen LogP contribution in [0.4, 0.5) is 0 Å². The van der Waals surface area contributed by atoms with Gasteiger partial charge in [0.25, 0.3) is 0 Å². The molecular weight excluding hydrogens is 458 g/mol. The Labute approximate surface area is 191 Å². The molecular formula is C24H28BrN3OS. The van der Waals surface area contributed by atoms with E-state index in [9.17, 15) is 4.79 Å². The first-order valence-electron chi connectivity index (χ1n) is 10.6. The number of hydrogen-bond donors (Lipinski definition) is 2. The van der Waals surface area contributed by atoms with Crippen LogP contribution in [0.2, 0.25) is 0 Å². The van der Waals surface area contributed by atoms with Crippen molar-refractivity contribution >= 4 is 44.7 Å². The summed E-state index contributed by atoms with van der Waals surface area (Å²) >= 11 is 5.12. The van der Waals surface area contributed by atoms with E-state index in [1.54, 1.807) is 11.9 Å². The smallest absolute Gasteiger partial charge is 0.240 e. The minimum Gasteiger partial charge on any atom is -0.361 e. The summed E-state index contributed by atoms with van der Waals surface area (Å²) in [6.45, 7) is 4.01. The zero-order valence-electron chi connectivity index (χ0n) is 17.2. The highest BCUT2D eigenvalue weighted by Crippen LogP contribution is 2.27. The standard InChI is InChI=1S/C24H28BrN3OS/c1-17-11-14-28(15-12-17)24(29)22(9-8-18-4-2-5-19(25)16-18)27-30-23-7-3-6-21-20(23)10-13-26-21/h2-7,10,13,16-17,22,26-27H,8-9,11-12,14-15H2,1H3. The fraction of sp³-hybridized carbons (Fsp3) is 0.375. The Morgan fingerprint density at radius 1 is 1.23 bits per heavy atom. The SMILES string of the molecule is CC1CCN(C(=O)C(CCc2cccc(Br)c2)NSc2cccc3[nH]ccc23)CC1. The molecule has 4 rings (SSSR count). The van der Waals surface area contributed by atoms with Crippen molar-refractivity contribution in [3.05, 3.63) is 64.8 Å². The molecule has 0 bridgehead atoms. The van der Waals surface area contributed by atoms with Crippen LogP contribution in [0, 0.1) is 5.92 Å². The van der Waals surface area contributed by atoms with E-state index in [2.05, 4.69) is 73.9 Å². The minimum absolute atomic E-state index is 0.211. The first-order valence-corrected chi connectivity index (χ1v) is 12.2. The predicted molar refractivity (Wildman–Crippen MR) is 129 cm³/mol. The number of nitrogens with zero attached hydrogens (tertiary/aromatic N) is 1. The molecule has 1 saturated heterocycles. The van der Waals surface area contributed by atoms with Crippen LogP contribution >= 0.6 is 27.9 Å². The molecule has 0 saturated carbocycles. The normalized spacial score (nSPS) is 16.1. The molecule has 1 unspecified atom stereocenters. The number of hydrogen-bond acceptors (Lipinski definition) is 3. The first kappa shape index (κ1) is 21.5. The highest BCUT2D eigenvalue weighted by molar-refractivity contribution is 9.10. The number of carbonyl (C=O) groups excluding carboxylic acids is 1. The zero-order valence-corrected chi connectivity index (χ0v) is 19.6. The summed E-state index contributed by atoms with van der Waals surface area (Å²) in [4.78, 5) is 19.8. The van der Waals surface area contributed by atoms with E-state index in [1.165, 1.54) is 10.9 Å². The number of piperidine rings is 1. The molecule has 1 atom stereocenters. The molecule has 0 radical (unpaired) electrons. The molecule has 1 amide bonds. The highest BCUT2D eigenvalue weighted by Gasteiger charge is 2.27. The maximum Gasteiger partial charge on any atom is 0.240 e. The van der Waals surface area contributed by atoms with Gasteiger partial charge in [0.2, 0.25) is 5.91 Å². The molecule has 1 aliphatic heterocycles. The van der Waals surface area contributed by atoms with Gasteiger partial charge in [0.05, 0.1) is 6.04 Å². The Morgan fingerprint density at radius 3 is 2.83 bits per heavy atom. The summed E-state index contributed by atoms with van der Waals surface area (Å²) in [6.07, 6.45) is 5.79. The van der Waals surface area contributed by atoms with Gasteiger partial charge in [-0.3, -0.25) is 4.79 Å². The molecule has 2 heterocycles. The second-order valence-corrected chi connectivity index (χ2v) is 9.94. The lowest BCUT2D eigenvalue weighted by atomic mass is 9.98. The summed E-state index contributed by atoms with van der Waals surface area (Å²) < 4.78 is 4.59. The third-order valence-corrected chi connectivity index (χ3v) is 7.34. The van der Waals surface area contributed by atoms with Crippen LogP contribution in [0.25, 0.3) is 10.9 Å². The number of benzene rings is 2. The van der Waals surface area contributed by atoms with Gasteiger partial charge in [-0.15, -0.1) is 0 Å². The summed E-state index contributed by atoms with van der Waals surface area (Å²) in [6, 6.07) is 16.5. The van der Waals surface area contributed by atoms with Gasteiger partial charge in [0.15, 0.2) is 0 Å². The van der Waals surface area contributed by atoms with Crippen molar-refractivity contribution in [3.63, 3.8) is 0 Å². The van der Waals surface area contributed by atoms with E-state index in [0.29, 0.717) is 5.92 Å². The van der Waals surface area contributed by atoms with Crippen molar-refractivity contribution in [2.75, 3.05) is 13.1 Å². The number of nitrogens with one attached hydrogen (secondary N) is 2. The lowest BCUT2D eigenvalue weighted by Crippen LogP contribution is -2.47. The molecule has 1 aromatic heterocycles. The molecule has 3 aromatic rings. The second-order valence-electron chi connectivity index (χ2n) is 8.14. The van der Waals surface area contributed by atoms with Gasteiger partial charge in [0.1, 0.15) is 0 Å². The Balaban J connectivity index is 1.47. The Hall–Kier alpha value is -1.76. The Bertz CT molecular complexity index is 997. The van der Waals surface area contributed by atoms with Gasteiger partial charge in [0, 0.05) is 39.6 Å². The van der Waals surface area contributed by atoms with Crippen molar-refractivity contribution in [2.45, 2.75) is 43.5 Å². The van der Waals surface area contributed by atoms with Crippen LogP contribution < -0.4 is 4.72 Å². The second kappa shape index (κ2) is 10.0. The topological polar surface area (TPSA) is 48.1 Å². The van der Waals surface area contributed by atoms with Crippen LogP contribution in [0.3, 0.4) is 0 Å². The number of aromatic nitrogens is 1. The number of halogens is 1. The van der Waals surface area contributed by atoms with Crippen LogP contribution in [0.15, 0.2) is 64.1 Å². The van der Waals surface area contributed by atoms with Crippen molar-refractivity contribution < 1.29 is 4.79 Å². The molecule has 6 heteroatoms. The number of fused-ring (bicyclic) bond motifs is 1. The fourth-order valence-electron chi connectivity index (χ4n) is 3.97. The van der Waals surface area contributed by atoms with Crippen molar-refractivity contribution in [3.8, 4) is 0 Å². The monoisotopic (exact) mass is 485 g/mol. The summed E-state index contributed by atoms with van der Waals surface area (Å²) in [5, 5.41) is 1.18. The van der Waals surface area contributed by atoms with Gasteiger partial charge < -0.3 is 9.88 Å². The number of carbonyl (C=O) groups is 1. The third-order valence-electron chi connectivity index (χ3n) is 5.87. The number of aromatic amines is 1. The lowest BCUT2D eigenvalue weighted by Gasteiger charge is -2.33. The van der Waals surface area contributed by atoms with Crippen molar-refractivity contribution in [1.82, 2.24) is 14.6 Å². The van der Waals surface area contributed by atoms with E-state index in [-0.39, 0.29) is 11.9 Å². The van der Waals surface area contributed by atoms with E-state index < -0.39 is 0 Å². The first-order chi connectivity index (χ1) is 14.6. The quantitative estimate of drug-likeness (QED) is 0.416. The van der Waals surface area contributed by atoms with Crippen LogP contribution in [0.5, 0.6) is 0 Å². The number of amides is 1. The maximum atomic E-state index is 13.4. The van der Waals surface area contributed by atoms with Crippen LogP contribution in [0.1, 0.15) is 31.7 Å². The van der Waals surface area contributed by atoms with Gasteiger partial charge in [-0.05, 0) is 79.4 Å². The van der Waals surface area contributed by atoms with Crippen molar-refractivity contribution in [2.24, 2.45) is 5.92 Å². The molecule has 1 fully saturated rings. The summed E-state index contributed by atoms with van der Waals surface area (Å²) in [5.74, 6) is 0.938. The molecule has 4 nitrogen and oxygen atoms in total. The Morgan fingerprint density at radius 2 is 2.03 bits per heavy atom. The molecule has 2 aromatic carbocycles. The van der Waals surface area contributed by atoms with Crippen LogP contribution in [-0.4, -0.2) is 34.9 Å². The minimum atomic E-state index is -0.211. The number of H-pyrrole nitrogens is 1. The average molecular weight is 486 g/mol. The largest absolute Gasteiger partial charge is 0.361 e. The highest BCUT2D eigenvalue weighted by atomic mass is 79.9. The number of aryl methyl sites for hydroxylation is 1. The van der Waals surface area contributed by atoms with E-state index >= 15 is 0 Å². The van der Waals surface area contributed by atoms with Gasteiger partial charge in [-0.25, -0.2) is 4.72 Å². The van der Waals surface area contributed by atoms with E-state index in [1.807, 2.05) is 18.3 Å². The Kier molecular flexibility index (Phi) is 7.18. The maximum absolute atomic E-state index is 13.4. The zero-order chi connectivity index (χ0) is 20.9. The van der Waals surface area contributed by atoms with Crippen molar-refractivity contribution in [1.29, 1.82) is 0 Å². The molecule has 0 aliphatic carbocycles. The summed E-state index contributed by atoms with van der Waals surface area (Å²) in [7, 11) is 0. The van der Waals surface area contributed by atoms with Gasteiger partial charge >= 0.3 is 0 Å². The van der Waals surface area contributed by atoms with Crippen LogP contribution in [-0.2, 0) is 11.2 Å². The molecule has 0 spiro atoms. The number of likely N-dealkylation sites (tertiary alicyclic amines) is 1. The summed E-state index contributed by atoms with van der Waals surface area (Å²) in [5.41, 5.74) is 2.36. The van der Waals surface area contributed by atoms with Gasteiger partial charge in [-0.2, -0.15) is 0 Å². The molecule has 158 valence electrons. The average Bonchev–Trinajstić information content (AvgIpc) is 3.23. The fourth-order valence-corrected chi connectivity index (χ4v) is 5.33. The van der Waals surface area contributed by atoms with E-state index in [0.717, 1.165) is 53.7 Å². The van der Waals surface area contributed by atoms with Gasteiger partial charge in [-0.1, -0.05) is 41.1 Å². The predicted octanol–water partition coefficient (Wildman–Crippen LogP) is 5.79. The molecule has 2 N–H and O–H groups in total. The number of rotatable bonds is 7. The van der Waals surface area contributed by atoms with E-state index in [4.69, 9.17) is 0 Å². The third kappa shape index (κ3) is 5.29. The molecule has 30 heavy (non-hydrogen) atoms.